The number of rotatable bonds is 6. The van der Waals surface area contributed by atoms with Gasteiger partial charge in [0.25, 0.3) is 0 Å². The van der Waals surface area contributed by atoms with Crippen LogP contribution in [0.4, 0.5) is 0 Å². The second kappa shape index (κ2) is 9.57. The highest BCUT2D eigenvalue weighted by Crippen LogP contribution is 2.57. The van der Waals surface area contributed by atoms with Gasteiger partial charge in [0, 0.05) is 18.7 Å². The maximum Gasteiger partial charge on any atom is 0.120 e. The van der Waals surface area contributed by atoms with E-state index in [1.165, 1.54) is 20.9 Å². The third-order valence-corrected chi connectivity index (χ3v) is 8.55. The quantitative estimate of drug-likeness (QED) is 0.176. The highest BCUT2D eigenvalue weighted by atomic mass is 79.9. The van der Waals surface area contributed by atoms with Crippen LogP contribution in [0.15, 0.2) is 128 Å². The molecule has 144 valence electrons. The lowest BCUT2D eigenvalue weighted by molar-refractivity contribution is 1.06. The number of benzene rings is 4. The van der Waals surface area contributed by atoms with Crippen LogP contribution in [0.1, 0.15) is 11.1 Å². The largest absolute Gasteiger partial charge is 0.120 e. The van der Waals surface area contributed by atoms with E-state index in [1.54, 1.807) is 0 Å². The summed E-state index contributed by atoms with van der Waals surface area (Å²) in [5, 5.41) is 0. The number of thioether (sulfide) groups is 2. The Balaban J connectivity index is 1.92. The SMILES string of the molecule is Brc1ccc(C(Sc2ccccc2)(Sc2ccccc2)c2ccc(Br)cc2)cc1. The Morgan fingerprint density at radius 2 is 0.793 bits per heavy atom. The molecule has 0 nitrogen and oxygen atoms in total. The van der Waals surface area contributed by atoms with Crippen LogP contribution in [-0.4, -0.2) is 0 Å². The summed E-state index contributed by atoms with van der Waals surface area (Å²) >= 11 is 10.9. The number of halogens is 2. The zero-order valence-electron chi connectivity index (χ0n) is 15.5. The maximum absolute atomic E-state index is 3.59. The molecule has 0 saturated heterocycles. The van der Waals surface area contributed by atoms with Gasteiger partial charge in [-0.2, -0.15) is 0 Å². The van der Waals surface area contributed by atoms with Crippen molar-refractivity contribution in [3.8, 4) is 0 Å². The number of hydrogen-bond acceptors (Lipinski definition) is 2. The predicted molar refractivity (Wildman–Crippen MR) is 134 cm³/mol. The smallest absolute Gasteiger partial charge is 0.0982 e. The molecule has 4 heteroatoms. The van der Waals surface area contributed by atoms with Crippen molar-refractivity contribution in [1.29, 1.82) is 0 Å². The van der Waals surface area contributed by atoms with Crippen LogP contribution in [0, 0.1) is 0 Å². The summed E-state index contributed by atoms with van der Waals surface area (Å²) in [6, 6.07) is 38.6. The fourth-order valence-corrected chi connectivity index (χ4v) is 6.61. The fourth-order valence-electron chi connectivity index (χ4n) is 3.07. The molecule has 0 amide bonds. The van der Waals surface area contributed by atoms with Crippen LogP contribution < -0.4 is 0 Å². The van der Waals surface area contributed by atoms with Gasteiger partial charge in [-0.15, -0.1) is 0 Å². The van der Waals surface area contributed by atoms with E-state index >= 15 is 0 Å². The molecule has 4 rings (SSSR count). The standard InChI is InChI=1S/C25H18Br2S2/c26-21-15-11-19(12-16-21)25(20-13-17-22(27)18-14-20,28-23-7-3-1-4-8-23)29-24-9-5-2-6-10-24/h1-18H. The van der Waals surface area contributed by atoms with Crippen molar-refractivity contribution in [2.45, 2.75) is 13.9 Å². The zero-order chi connectivity index (χ0) is 20.1. The Bertz CT molecular complexity index is 958. The van der Waals surface area contributed by atoms with E-state index in [1.807, 2.05) is 23.5 Å². The molecule has 0 bridgehead atoms. The van der Waals surface area contributed by atoms with Gasteiger partial charge in [0.1, 0.15) is 4.08 Å². The first-order chi connectivity index (χ1) is 14.2. The summed E-state index contributed by atoms with van der Waals surface area (Å²) in [5.41, 5.74) is 2.51. The summed E-state index contributed by atoms with van der Waals surface area (Å²) < 4.78 is 1.84. The zero-order valence-corrected chi connectivity index (χ0v) is 20.3. The number of hydrogen-bond donors (Lipinski definition) is 0. The molecule has 29 heavy (non-hydrogen) atoms. The van der Waals surface area contributed by atoms with Crippen molar-refractivity contribution < 1.29 is 0 Å². The minimum atomic E-state index is -0.329. The normalized spacial score (nSPS) is 11.4. The van der Waals surface area contributed by atoms with Crippen molar-refractivity contribution in [3.05, 3.63) is 129 Å². The molecule has 0 aliphatic rings. The van der Waals surface area contributed by atoms with E-state index in [0.717, 1.165) is 8.95 Å². The topological polar surface area (TPSA) is 0 Å². The molecule has 4 aromatic rings. The molecule has 0 heterocycles. The van der Waals surface area contributed by atoms with Gasteiger partial charge in [-0.05, 0) is 59.7 Å². The highest BCUT2D eigenvalue weighted by Gasteiger charge is 2.37. The molecular weight excluding hydrogens is 524 g/mol. The molecule has 0 N–H and O–H groups in total. The molecule has 4 aromatic carbocycles. The third-order valence-electron chi connectivity index (χ3n) is 4.46. The van der Waals surface area contributed by atoms with Crippen molar-refractivity contribution in [2.75, 3.05) is 0 Å². The van der Waals surface area contributed by atoms with Crippen LogP contribution in [0.2, 0.25) is 0 Å². The average Bonchev–Trinajstić information content (AvgIpc) is 2.76. The van der Waals surface area contributed by atoms with Gasteiger partial charge < -0.3 is 0 Å². The van der Waals surface area contributed by atoms with Gasteiger partial charge in [-0.25, -0.2) is 0 Å². The Morgan fingerprint density at radius 1 is 0.448 bits per heavy atom. The molecule has 0 aromatic heterocycles. The molecule has 0 radical (unpaired) electrons. The maximum atomic E-state index is 3.59. The summed E-state index contributed by atoms with van der Waals surface area (Å²) in [5.74, 6) is 0. The minimum Gasteiger partial charge on any atom is -0.0982 e. The Morgan fingerprint density at radius 3 is 1.14 bits per heavy atom. The first-order valence-electron chi connectivity index (χ1n) is 9.16. The first-order valence-corrected chi connectivity index (χ1v) is 12.4. The van der Waals surface area contributed by atoms with Gasteiger partial charge >= 0.3 is 0 Å². The van der Waals surface area contributed by atoms with E-state index < -0.39 is 0 Å². The van der Waals surface area contributed by atoms with Crippen molar-refractivity contribution in [3.63, 3.8) is 0 Å². The van der Waals surface area contributed by atoms with Gasteiger partial charge in [0.05, 0.1) is 0 Å². The fraction of sp³-hybridized carbons (Fsp3) is 0.0400. The molecule has 0 aliphatic carbocycles. The van der Waals surface area contributed by atoms with E-state index in [2.05, 4.69) is 141 Å². The lowest BCUT2D eigenvalue weighted by Crippen LogP contribution is -2.19. The summed E-state index contributed by atoms with van der Waals surface area (Å²) in [6.45, 7) is 0. The van der Waals surface area contributed by atoms with Crippen LogP contribution in [-0.2, 0) is 4.08 Å². The van der Waals surface area contributed by atoms with Gasteiger partial charge in [0.15, 0.2) is 0 Å². The van der Waals surface area contributed by atoms with E-state index in [9.17, 15) is 0 Å². The predicted octanol–water partition coefficient (Wildman–Crippen LogP) is 9.00. The molecular formula is C25H18Br2S2. The lowest BCUT2D eigenvalue weighted by Gasteiger charge is -2.34. The molecule has 0 spiro atoms. The van der Waals surface area contributed by atoms with E-state index in [0.29, 0.717) is 0 Å². The van der Waals surface area contributed by atoms with Gasteiger partial charge in [-0.3, -0.25) is 0 Å². The third kappa shape index (κ3) is 5.00. The Kier molecular flexibility index (Phi) is 6.86. The molecule has 0 unspecified atom stereocenters. The van der Waals surface area contributed by atoms with Crippen LogP contribution in [0.25, 0.3) is 0 Å². The van der Waals surface area contributed by atoms with Crippen molar-refractivity contribution in [2.24, 2.45) is 0 Å². The van der Waals surface area contributed by atoms with Crippen LogP contribution in [0.5, 0.6) is 0 Å². The second-order valence-corrected chi connectivity index (χ2v) is 11.1. The average molecular weight is 542 g/mol. The minimum absolute atomic E-state index is 0.329. The second-order valence-electron chi connectivity index (χ2n) is 6.46. The van der Waals surface area contributed by atoms with Gasteiger partial charge in [-0.1, -0.05) is 116 Å². The van der Waals surface area contributed by atoms with Crippen LogP contribution >= 0.6 is 55.4 Å². The van der Waals surface area contributed by atoms with Gasteiger partial charge in [0.2, 0.25) is 0 Å². The molecule has 0 aliphatic heterocycles. The summed E-state index contributed by atoms with van der Waals surface area (Å²) in [7, 11) is 0. The van der Waals surface area contributed by atoms with Crippen LogP contribution in [0.3, 0.4) is 0 Å². The monoisotopic (exact) mass is 540 g/mol. The summed E-state index contributed by atoms with van der Waals surface area (Å²) in [4.78, 5) is 2.48. The van der Waals surface area contributed by atoms with Crippen molar-refractivity contribution >= 4 is 55.4 Å². The lowest BCUT2D eigenvalue weighted by atomic mass is 10.0. The highest BCUT2D eigenvalue weighted by molar-refractivity contribution is 9.10. The molecule has 0 saturated carbocycles. The first kappa shape index (κ1) is 20.8. The Labute approximate surface area is 197 Å². The molecule has 0 atom stereocenters. The molecule has 0 fully saturated rings. The van der Waals surface area contributed by atoms with Crippen molar-refractivity contribution in [1.82, 2.24) is 0 Å². The Hall–Kier alpha value is -1.46. The van der Waals surface area contributed by atoms with E-state index in [4.69, 9.17) is 0 Å². The summed E-state index contributed by atoms with van der Waals surface area (Å²) in [6.07, 6.45) is 0. The van der Waals surface area contributed by atoms with E-state index in [-0.39, 0.29) is 4.08 Å².